The van der Waals surface area contributed by atoms with Crippen molar-refractivity contribution in [2.24, 2.45) is 0 Å². The molecule has 0 spiro atoms. The molecule has 0 unspecified atom stereocenters. The Balaban J connectivity index is 1.67. The van der Waals surface area contributed by atoms with E-state index in [2.05, 4.69) is 10.6 Å². The van der Waals surface area contributed by atoms with E-state index in [1.807, 2.05) is 24.3 Å². The van der Waals surface area contributed by atoms with E-state index < -0.39 is 17.0 Å². The maximum absolute atomic E-state index is 13.5. The van der Waals surface area contributed by atoms with Gasteiger partial charge in [-0.3, -0.25) is 9.59 Å². The number of carbonyl (C=O) groups excluding carboxylic acids is 2. The minimum Gasteiger partial charge on any atom is -0.324 e. The van der Waals surface area contributed by atoms with Crippen LogP contribution in [0, 0.1) is 5.82 Å². The maximum atomic E-state index is 13.5. The average molecular weight is 316 g/mol. The third kappa shape index (κ3) is 3.12. The van der Waals surface area contributed by atoms with Gasteiger partial charge in [0.15, 0.2) is 0 Å². The number of thioether (sulfide) groups is 1. The molecule has 0 fully saturated rings. The van der Waals surface area contributed by atoms with E-state index in [-0.39, 0.29) is 18.0 Å². The molecule has 6 heteroatoms. The number of amides is 2. The van der Waals surface area contributed by atoms with Crippen LogP contribution in [0.5, 0.6) is 0 Å². The summed E-state index contributed by atoms with van der Waals surface area (Å²) in [5.41, 5.74) is 0.873. The summed E-state index contributed by atoms with van der Waals surface area (Å²) in [4.78, 5) is 25.0. The lowest BCUT2D eigenvalue weighted by molar-refractivity contribution is -0.120. The Kier molecular flexibility index (Phi) is 4.11. The van der Waals surface area contributed by atoms with Crippen molar-refractivity contribution < 1.29 is 14.0 Å². The van der Waals surface area contributed by atoms with Crippen molar-refractivity contribution in [3.8, 4) is 0 Å². The van der Waals surface area contributed by atoms with Crippen molar-refractivity contribution >= 4 is 35.0 Å². The third-order valence-corrected chi connectivity index (χ3v) is 4.50. The third-order valence-electron chi connectivity index (χ3n) is 3.23. The van der Waals surface area contributed by atoms with Crippen molar-refractivity contribution in [2.75, 3.05) is 10.6 Å². The minimum atomic E-state index is -0.526. The summed E-state index contributed by atoms with van der Waals surface area (Å²) >= 11 is 1.34. The molecule has 0 saturated heterocycles. The molecule has 4 nitrogen and oxygen atoms in total. The van der Waals surface area contributed by atoms with E-state index in [0.29, 0.717) is 0 Å². The molecule has 2 aromatic carbocycles. The molecule has 2 aromatic rings. The van der Waals surface area contributed by atoms with Crippen molar-refractivity contribution in [2.45, 2.75) is 16.6 Å². The van der Waals surface area contributed by atoms with Crippen LogP contribution in [0.3, 0.4) is 0 Å². The molecule has 1 heterocycles. The van der Waals surface area contributed by atoms with E-state index in [1.54, 1.807) is 12.1 Å². The molecular formula is C16H13FN2O2S. The van der Waals surface area contributed by atoms with Gasteiger partial charge in [0.1, 0.15) is 5.82 Å². The number of nitrogens with one attached hydrogen (secondary N) is 2. The topological polar surface area (TPSA) is 58.2 Å². The van der Waals surface area contributed by atoms with Crippen LogP contribution in [0.1, 0.15) is 6.42 Å². The van der Waals surface area contributed by atoms with E-state index in [9.17, 15) is 14.0 Å². The zero-order chi connectivity index (χ0) is 15.5. The summed E-state index contributed by atoms with van der Waals surface area (Å²) in [6.07, 6.45) is -0.0147. The molecule has 2 N–H and O–H groups in total. The minimum absolute atomic E-state index is 0.0147. The molecule has 2 amide bonds. The first-order chi connectivity index (χ1) is 10.6. The Labute approximate surface area is 131 Å². The number of benzene rings is 2. The van der Waals surface area contributed by atoms with Crippen LogP contribution in [0.4, 0.5) is 15.8 Å². The van der Waals surface area contributed by atoms with Gasteiger partial charge in [-0.1, -0.05) is 24.3 Å². The van der Waals surface area contributed by atoms with Gasteiger partial charge < -0.3 is 10.6 Å². The van der Waals surface area contributed by atoms with E-state index >= 15 is 0 Å². The van der Waals surface area contributed by atoms with E-state index in [0.717, 1.165) is 10.6 Å². The molecule has 1 aliphatic rings. The SMILES string of the molecule is O=C(C[C@@H]1Sc2ccccc2NC1=O)Nc1ccccc1F. The predicted octanol–water partition coefficient (Wildman–Crippen LogP) is 3.27. The fourth-order valence-corrected chi connectivity index (χ4v) is 3.27. The summed E-state index contributed by atoms with van der Waals surface area (Å²) in [6.45, 7) is 0. The predicted molar refractivity (Wildman–Crippen MR) is 84.4 cm³/mol. The fraction of sp³-hybridized carbons (Fsp3) is 0.125. The number of carbonyl (C=O) groups is 2. The van der Waals surface area contributed by atoms with Crippen molar-refractivity contribution in [1.29, 1.82) is 0 Å². The first-order valence-corrected chi connectivity index (χ1v) is 7.62. The summed E-state index contributed by atoms with van der Waals surface area (Å²) < 4.78 is 13.5. The van der Waals surface area contributed by atoms with Gasteiger partial charge in [0, 0.05) is 11.3 Å². The Morgan fingerprint density at radius 2 is 1.91 bits per heavy atom. The van der Waals surface area contributed by atoms with Crippen LogP contribution in [-0.4, -0.2) is 17.1 Å². The number of hydrogen-bond acceptors (Lipinski definition) is 3. The van der Waals surface area contributed by atoms with Crippen LogP contribution in [0.25, 0.3) is 0 Å². The Morgan fingerprint density at radius 1 is 1.18 bits per heavy atom. The van der Waals surface area contributed by atoms with Crippen LogP contribution in [0.15, 0.2) is 53.4 Å². The normalized spacial score (nSPS) is 16.6. The average Bonchev–Trinajstić information content (AvgIpc) is 2.50. The highest BCUT2D eigenvalue weighted by atomic mass is 32.2. The summed E-state index contributed by atoms with van der Waals surface area (Å²) in [5.74, 6) is -1.11. The van der Waals surface area contributed by atoms with Gasteiger partial charge in [0.05, 0.1) is 16.6 Å². The number of halogens is 1. The molecule has 0 radical (unpaired) electrons. The second kappa shape index (κ2) is 6.19. The van der Waals surface area contributed by atoms with Gasteiger partial charge in [-0.25, -0.2) is 4.39 Å². The number of rotatable bonds is 3. The van der Waals surface area contributed by atoms with Crippen molar-refractivity contribution in [3.05, 3.63) is 54.3 Å². The first kappa shape index (κ1) is 14.6. The fourth-order valence-electron chi connectivity index (χ4n) is 2.16. The Bertz CT molecular complexity index is 736. The van der Waals surface area contributed by atoms with E-state index in [1.165, 1.54) is 23.9 Å². The smallest absolute Gasteiger partial charge is 0.238 e. The van der Waals surface area contributed by atoms with Crippen LogP contribution >= 0.6 is 11.8 Å². The van der Waals surface area contributed by atoms with Gasteiger partial charge in [-0.2, -0.15) is 0 Å². The molecule has 0 aromatic heterocycles. The zero-order valence-electron chi connectivity index (χ0n) is 11.5. The lowest BCUT2D eigenvalue weighted by Gasteiger charge is -2.23. The number of para-hydroxylation sites is 2. The maximum Gasteiger partial charge on any atom is 0.238 e. The molecule has 0 saturated carbocycles. The molecular weight excluding hydrogens is 303 g/mol. The van der Waals surface area contributed by atoms with Crippen LogP contribution in [0.2, 0.25) is 0 Å². The highest BCUT2D eigenvalue weighted by molar-refractivity contribution is 8.01. The quantitative estimate of drug-likeness (QED) is 0.914. The summed E-state index contributed by atoms with van der Waals surface area (Å²) in [5, 5.41) is 4.75. The second-order valence-corrected chi connectivity index (χ2v) is 6.07. The monoisotopic (exact) mass is 316 g/mol. The number of anilines is 2. The molecule has 0 aliphatic carbocycles. The second-order valence-electron chi connectivity index (χ2n) is 4.82. The van der Waals surface area contributed by atoms with Gasteiger partial charge in [0.25, 0.3) is 0 Å². The van der Waals surface area contributed by atoms with Crippen molar-refractivity contribution in [1.82, 2.24) is 0 Å². The lowest BCUT2D eigenvalue weighted by atomic mass is 10.2. The Morgan fingerprint density at radius 3 is 2.73 bits per heavy atom. The molecule has 1 aliphatic heterocycles. The molecule has 22 heavy (non-hydrogen) atoms. The summed E-state index contributed by atoms with van der Waals surface area (Å²) in [6, 6.07) is 13.4. The van der Waals surface area contributed by atoms with Crippen LogP contribution < -0.4 is 10.6 Å². The summed E-state index contributed by atoms with van der Waals surface area (Å²) in [7, 11) is 0. The van der Waals surface area contributed by atoms with Gasteiger partial charge in [-0.15, -0.1) is 11.8 Å². The molecule has 112 valence electrons. The number of fused-ring (bicyclic) bond motifs is 1. The Hall–Kier alpha value is -2.34. The highest BCUT2D eigenvalue weighted by Gasteiger charge is 2.28. The van der Waals surface area contributed by atoms with Gasteiger partial charge in [-0.05, 0) is 24.3 Å². The zero-order valence-corrected chi connectivity index (χ0v) is 12.3. The number of hydrogen-bond donors (Lipinski definition) is 2. The van der Waals surface area contributed by atoms with Crippen LogP contribution in [-0.2, 0) is 9.59 Å². The van der Waals surface area contributed by atoms with Crippen molar-refractivity contribution in [3.63, 3.8) is 0 Å². The molecule has 1 atom stereocenters. The standard InChI is InChI=1S/C16H13FN2O2S/c17-10-5-1-2-6-11(10)18-15(20)9-14-16(21)19-12-7-3-4-8-13(12)22-14/h1-8,14H,9H2,(H,18,20)(H,19,21)/t14-/m0/s1. The van der Waals surface area contributed by atoms with Gasteiger partial charge in [0.2, 0.25) is 11.8 Å². The lowest BCUT2D eigenvalue weighted by Crippen LogP contribution is -2.32. The van der Waals surface area contributed by atoms with E-state index in [4.69, 9.17) is 0 Å². The molecule has 3 rings (SSSR count). The first-order valence-electron chi connectivity index (χ1n) is 6.74. The largest absolute Gasteiger partial charge is 0.324 e. The highest BCUT2D eigenvalue weighted by Crippen LogP contribution is 2.36. The molecule has 0 bridgehead atoms. The van der Waals surface area contributed by atoms with Gasteiger partial charge >= 0.3 is 0 Å².